The summed E-state index contributed by atoms with van der Waals surface area (Å²) in [5.41, 5.74) is -0.0549. The van der Waals surface area contributed by atoms with Crippen molar-refractivity contribution in [2.24, 2.45) is 0 Å². The molecule has 0 aliphatic carbocycles. The Bertz CT molecular complexity index is 754. The molecule has 21 heavy (non-hydrogen) atoms. The molecule has 1 N–H and O–H groups in total. The predicted octanol–water partition coefficient (Wildman–Crippen LogP) is 1.59. The Labute approximate surface area is 125 Å². The van der Waals surface area contributed by atoms with Crippen molar-refractivity contribution in [3.63, 3.8) is 0 Å². The lowest BCUT2D eigenvalue weighted by atomic mass is 10.2. The molecule has 1 aliphatic rings. The van der Waals surface area contributed by atoms with Gasteiger partial charge in [0.2, 0.25) is 0 Å². The minimum atomic E-state index is -0.969. The van der Waals surface area contributed by atoms with Crippen LogP contribution in [0, 0.1) is 0 Å². The van der Waals surface area contributed by atoms with Gasteiger partial charge in [0.1, 0.15) is 5.82 Å². The quantitative estimate of drug-likeness (QED) is 0.870. The van der Waals surface area contributed by atoms with E-state index in [0.717, 1.165) is 47.5 Å². The lowest BCUT2D eigenvalue weighted by Crippen LogP contribution is -2.27. The molecule has 0 saturated heterocycles. The molecule has 3 rings (SSSR count). The van der Waals surface area contributed by atoms with Crippen LogP contribution in [0.2, 0.25) is 0 Å². The normalized spacial score (nSPS) is 14.5. The van der Waals surface area contributed by atoms with Crippen molar-refractivity contribution in [2.45, 2.75) is 32.4 Å². The monoisotopic (exact) mass is 305 g/mol. The summed E-state index contributed by atoms with van der Waals surface area (Å²) in [5.74, 6) is -0.100. The van der Waals surface area contributed by atoms with E-state index in [1.807, 2.05) is 12.1 Å². The molecule has 0 unspecified atom stereocenters. The number of carbonyl (C=O) groups is 1. The number of carboxylic acid groups (broad SMARTS) is 1. The number of fused-ring (bicyclic) bond motifs is 1. The van der Waals surface area contributed by atoms with Gasteiger partial charge in [-0.05, 0) is 31.1 Å². The third-order valence-corrected chi connectivity index (χ3v) is 4.44. The number of hydrogen-bond acceptors (Lipinski definition) is 4. The Kier molecular flexibility index (Phi) is 3.74. The van der Waals surface area contributed by atoms with Gasteiger partial charge in [0.25, 0.3) is 0 Å². The zero-order valence-corrected chi connectivity index (χ0v) is 12.2. The average molecular weight is 305 g/mol. The average Bonchev–Trinajstić information content (AvgIpc) is 3.03. The smallest absolute Gasteiger partial charge is 0.346 e. The molecule has 0 saturated carbocycles. The van der Waals surface area contributed by atoms with Crippen molar-refractivity contribution < 1.29 is 9.90 Å². The molecule has 7 heteroatoms. The molecule has 0 radical (unpaired) electrons. The zero-order valence-electron chi connectivity index (χ0n) is 11.4. The fourth-order valence-corrected chi connectivity index (χ4v) is 3.32. The Morgan fingerprint density at radius 1 is 1.43 bits per heavy atom. The maximum absolute atomic E-state index is 12.2. The van der Waals surface area contributed by atoms with Crippen LogP contribution in [0.25, 0.3) is 6.08 Å². The molecule has 3 heterocycles. The third-order valence-electron chi connectivity index (χ3n) is 3.41. The largest absolute Gasteiger partial charge is 0.478 e. The number of aryl methyl sites for hydroxylation is 1. The maximum atomic E-state index is 12.2. The molecule has 6 nitrogen and oxygen atoms in total. The van der Waals surface area contributed by atoms with Crippen molar-refractivity contribution in [1.82, 2.24) is 14.3 Å². The van der Waals surface area contributed by atoms with Gasteiger partial charge in [0.15, 0.2) is 0 Å². The highest BCUT2D eigenvalue weighted by molar-refractivity contribution is 7.12. The van der Waals surface area contributed by atoms with Gasteiger partial charge in [0, 0.05) is 28.8 Å². The Morgan fingerprint density at radius 3 is 3.05 bits per heavy atom. The lowest BCUT2D eigenvalue weighted by molar-refractivity contribution is -0.131. The molecule has 1 aliphatic heterocycles. The summed E-state index contributed by atoms with van der Waals surface area (Å²) in [5, 5.41) is 13.0. The topological polar surface area (TPSA) is 77.1 Å². The first kappa shape index (κ1) is 13.8. The number of thiophene rings is 1. The predicted molar refractivity (Wildman–Crippen MR) is 79.5 cm³/mol. The van der Waals surface area contributed by atoms with Gasteiger partial charge in [-0.2, -0.15) is 5.10 Å². The summed E-state index contributed by atoms with van der Waals surface area (Å²) in [6.07, 6.45) is 5.63. The van der Waals surface area contributed by atoms with E-state index in [1.165, 1.54) is 16.0 Å². The number of aliphatic carboxylic acids is 1. The van der Waals surface area contributed by atoms with Crippen LogP contribution in [0.4, 0.5) is 0 Å². The van der Waals surface area contributed by atoms with Crippen molar-refractivity contribution >= 4 is 23.4 Å². The SMILES string of the molecule is O=C(O)C=Cc1ccc(Cn2nc3n(c2=O)CCCC3)s1. The van der Waals surface area contributed by atoms with Gasteiger partial charge in [-0.1, -0.05) is 0 Å². The fourth-order valence-electron chi connectivity index (χ4n) is 2.42. The summed E-state index contributed by atoms with van der Waals surface area (Å²) in [6, 6.07) is 3.75. The first-order valence-electron chi connectivity index (χ1n) is 6.80. The number of rotatable bonds is 4. The molecule has 0 atom stereocenters. The van der Waals surface area contributed by atoms with E-state index in [9.17, 15) is 9.59 Å². The van der Waals surface area contributed by atoms with Crippen molar-refractivity contribution in [2.75, 3.05) is 0 Å². The highest BCUT2D eigenvalue weighted by Crippen LogP contribution is 2.19. The number of aromatic nitrogens is 3. The second-order valence-electron chi connectivity index (χ2n) is 4.94. The minimum Gasteiger partial charge on any atom is -0.478 e. The molecule has 0 bridgehead atoms. The zero-order chi connectivity index (χ0) is 14.8. The highest BCUT2D eigenvalue weighted by atomic mass is 32.1. The molecule has 110 valence electrons. The minimum absolute atomic E-state index is 0.0549. The standard InChI is InChI=1S/C14H15N3O3S/c18-13(19)7-6-10-4-5-11(21-10)9-17-14(20)16-8-2-1-3-12(16)15-17/h4-7H,1-3,8-9H2,(H,18,19). The summed E-state index contributed by atoms with van der Waals surface area (Å²) in [4.78, 5) is 24.5. The van der Waals surface area contributed by atoms with Gasteiger partial charge >= 0.3 is 11.7 Å². The van der Waals surface area contributed by atoms with E-state index in [-0.39, 0.29) is 5.69 Å². The van der Waals surface area contributed by atoms with Gasteiger partial charge in [-0.3, -0.25) is 4.57 Å². The van der Waals surface area contributed by atoms with Crippen molar-refractivity contribution in [1.29, 1.82) is 0 Å². The van der Waals surface area contributed by atoms with Crippen LogP contribution < -0.4 is 5.69 Å². The van der Waals surface area contributed by atoms with Crippen molar-refractivity contribution in [3.05, 3.63) is 44.3 Å². The molecular weight excluding hydrogens is 290 g/mol. The molecule has 0 amide bonds. The molecule has 2 aromatic heterocycles. The van der Waals surface area contributed by atoms with Crippen LogP contribution in [0.5, 0.6) is 0 Å². The maximum Gasteiger partial charge on any atom is 0.346 e. The first-order chi connectivity index (χ1) is 10.1. The molecule has 2 aromatic rings. The van der Waals surface area contributed by atoms with E-state index >= 15 is 0 Å². The Hall–Kier alpha value is -2.15. The summed E-state index contributed by atoms with van der Waals surface area (Å²) < 4.78 is 3.25. The second-order valence-corrected chi connectivity index (χ2v) is 6.14. The fraction of sp³-hybridized carbons (Fsp3) is 0.357. The summed E-state index contributed by atoms with van der Waals surface area (Å²) >= 11 is 1.47. The van der Waals surface area contributed by atoms with Crippen LogP contribution in [-0.4, -0.2) is 25.4 Å². The first-order valence-corrected chi connectivity index (χ1v) is 7.61. The molecule has 0 fully saturated rings. The van der Waals surface area contributed by atoms with Crippen molar-refractivity contribution in [3.8, 4) is 0 Å². The Morgan fingerprint density at radius 2 is 2.29 bits per heavy atom. The third kappa shape index (κ3) is 2.97. The highest BCUT2D eigenvalue weighted by Gasteiger charge is 2.16. The second kappa shape index (κ2) is 5.69. The van der Waals surface area contributed by atoms with E-state index < -0.39 is 5.97 Å². The van der Waals surface area contributed by atoms with Crippen LogP contribution in [0.15, 0.2) is 23.0 Å². The lowest BCUT2D eigenvalue weighted by Gasteiger charge is -2.09. The number of carboxylic acids is 1. The van der Waals surface area contributed by atoms with E-state index in [0.29, 0.717) is 6.54 Å². The molecule has 0 aromatic carbocycles. The van der Waals surface area contributed by atoms with Crippen LogP contribution in [0.3, 0.4) is 0 Å². The van der Waals surface area contributed by atoms with Gasteiger partial charge in [0.05, 0.1) is 6.54 Å². The summed E-state index contributed by atoms with van der Waals surface area (Å²) in [6.45, 7) is 1.19. The van der Waals surface area contributed by atoms with E-state index in [2.05, 4.69) is 5.10 Å². The van der Waals surface area contributed by atoms with Gasteiger partial charge < -0.3 is 5.11 Å². The van der Waals surface area contributed by atoms with E-state index in [4.69, 9.17) is 5.11 Å². The number of nitrogens with zero attached hydrogens (tertiary/aromatic N) is 3. The van der Waals surface area contributed by atoms with Crippen LogP contribution >= 0.6 is 11.3 Å². The number of hydrogen-bond donors (Lipinski definition) is 1. The Balaban J connectivity index is 1.80. The van der Waals surface area contributed by atoms with Crippen LogP contribution in [-0.2, 0) is 24.3 Å². The summed E-state index contributed by atoms with van der Waals surface area (Å²) in [7, 11) is 0. The van der Waals surface area contributed by atoms with Crippen LogP contribution in [0.1, 0.15) is 28.4 Å². The van der Waals surface area contributed by atoms with Gasteiger partial charge in [-0.25, -0.2) is 14.3 Å². The molecular formula is C14H15N3O3S. The van der Waals surface area contributed by atoms with Gasteiger partial charge in [-0.15, -0.1) is 11.3 Å². The molecule has 0 spiro atoms. The van der Waals surface area contributed by atoms with E-state index in [1.54, 1.807) is 10.6 Å².